The lowest BCUT2D eigenvalue weighted by Gasteiger charge is -2.36. The van der Waals surface area contributed by atoms with E-state index in [9.17, 15) is 10.2 Å². The minimum Gasteiger partial charge on any atom is -0.394 e. The van der Waals surface area contributed by atoms with Gasteiger partial charge in [-0.2, -0.15) is 0 Å². The monoisotopic (exact) mass is 414 g/mol. The first-order valence-electron chi connectivity index (χ1n) is 12.1. The minimum atomic E-state index is -1.08. The molecular formula is C24H46O5. The summed E-state index contributed by atoms with van der Waals surface area (Å²) in [5.41, 5.74) is 0. The van der Waals surface area contributed by atoms with Crippen molar-refractivity contribution in [2.24, 2.45) is 0 Å². The van der Waals surface area contributed by atoms with Gasteiger partial charge in [0.15, 0.2) is 0 Å². The first-order valence-corrected chi connectivity index (χ1v) is 12.1. The number of unbranched alkanes of at least 4 members (excludes halogenated alkanes) is 12. The number of hydrogen-bond acceptors (Lipinski definition) is 5. The maximum atomic E-state index is 10.0. The van der Waals surface area contributed by atoms with E-state index >= 15 is 0 Å². The van der Waals surface area contributed by atoms with Gasteiger partial charge in [-0.1, -0.05) is 76.9 Å². The number of rotatable bonds is 18. The molecule has 1 aliphatic heterocycles. The summed E-state index contributed by atoms with van der Waals surface area (Å²) in [6, 6.07) is 0. The van der Waals surface area contributed by atoms with Gasteiger partial charge in [-0.3, -0.25) is 0 Å². The smallest absolute Gasteiger partial charge is 0.111 e. The van der Waals surface area contributed by atoms with E-state index in [4.69, 9.17) is 14.6 Å². The van der Waals surface area contributed by atoms with Crippen molar-refractivity contribution < 1.29 is 24.8 Å². The van der Waals surface area contributed by atoms with E-state index in [1.807, 2.05) is 0 Å². The minimum absolute atomic E-state index is 0.218. The van der Waals surface area contributed by atoms with Crippen molar-refractivity contribution in [3.8, 4) is 0 Å². The van der Waals surface area contributed by atoms with Crippen molar-refractivity contribution in [3.05, 3.63) is 12.2 Å². The van der Waals surface area contributed by atoms with Crippen LogP contribution in [0.3, 0.4) is 0 Å². The van der Waals surface area contributed by atoms with E-state index in [1.165, 1.54) is 77.0 Å². The molecule has 1 fully saturated rings. The average molecular weight is 415 g/mol. The molecule has 0 spiro atoms. The lowest BCUT2D eigenvalue weighted by molar-refractivity contribution is -0.208. The standard InChI is InChI=1S/C24H46O5/c1-2-3-4-5-6-7-8-9-10-11-12-13-14-15-16-17-18-28-22-20-29-21(19-25)23(26)24(22)27/h9-10,21-27H,2-8,11-20H2,1H3/b10-9+/t21-,22+,23-,24-/m1/s1. The number of aliphatic hydroxyl groups excluding tert-OH is 3. The van der Waals surface area contributed by atoms with Crippen LogP contribution in [-0.4, -0.2) is 59.6 Å². The second-order valence-corrected chi connectivity index (χ2v) is 8.38. The molecule has 0 unspecified atom stereocenters. The second kappa shape index (κ2) is 18.3. The van der Waals surface area contributed by atoms with Crippen LogP contribution in [0.15, 0.2) is 12.2 Å². The van der Waals surface area contributed by atoms with E-state index < -0.39 is 24.4 Å². The van der Waals surface area contributed by atoms with Crippen LogP contribution in [0.5, 0.6) is 0 Å². The Labute approximate surface area is 178 Å². The summed E-state index contributed by atoms with van der Waals surface area (Å²) in [4.78, 5) is 0. The van der Waals surface area contributed by atoms with Crippen LogP contribution in [-0.2, 0) is 9.47 Å². The van der Waals surface area contributed by atoms with Crippen LogP contribution in [0.25, 0.3) is 0 Å². The molecule has 0 saturated carbocycles. The molecule has 0 amide bonds. The Balaban J connectivity index is 1.84. The fourth-order valence-electron chi connectivity index (χ4n) is 3.75. The predicted octanol–water partition coefficient (Wildman–Crippen LogP) is 4.52. The molecule has 0 aromatic heterocycles. The molecule has 29 heavy (non-hydrogen) atoms. The summed E-state index contributed by atoms with van der Waals surface area (Å²) < 4.78 is 11.0. The summed E-state index contributed by atoms with van der Waals surface area (Å²) >= 11 is 0. The van der Waals surface area contributed by atoms with Gasteiger partial charge in [0.25, 0.3) is 0 Å². The van der Waals surface area contributed by atoms with Crippen molar-refractivity contribution in [2.45, 2.75) is 121 Å². The molecule has 0 bridgehead atoms. The Bertz CT molecular complexity index is 387. The van der Waals surface area contributed by atoms with Crippen molar-refractivity contribution >= 4 is 0 Å². The predicted molar refractivity (Wildman–Crippen MR) is 118 cm³/mol. The molecule has 0 radical (unpaired) electrons. The van der Waals surface area contributed by atoms with Crippen molar-refractivity contribution in [3.63, 3.8) is 0 Å². The summed E-state index contributed by atoms with van der Waals surface area (Å²) in [5, 5.41) is 28.9. The Morgan fingerprint density at radius 1 is 0.793 bits per heavy atom. The van der Waals surface area contributed by atoms with Gasteiger partial charge in [0.1, 0.15) is 24.4 Å². The van der Waals surface area contributed by atoms with Crippen LogP contribution in [0, 0.1) is 0 Å². The third-order valence-corrected chi connectivity index (χ3v) is 5.75. The zero-order valence-electron chi connectivity index (χ0n) is 18.6. The Hall–Kier alpha value is -0.460. The van der Waals surface area contributed by atoms with E-state index in [-0.39, 0.29) is 13.2 Å². The Kier molecular flexibility index (Phi) is 16.8. The summed E-state index contributed by atoms with van der Waals surface area (Å²) in [6.45, 7) is 2.76. The third-order valence-electron chi connectivity index (χ3n) is 5.75. The molecule has 4 atom stereocenters. The Morgan fingerprint density at radius 2 is 1.34 bits per heavy atom. The normalized spacial score (nSPS) is 25.1. The first kappa shape index (κ1) is 26.6. The summed E-state index contributed by atoms with van der Waals surface area (Å²) in [6.07, 6.45) is 19.2. The molecule has 1 aliphatic rings. The molecule has 1 heterocycles. The highest BCUT2D eigenvalue weighted by molar-refractivity contribution is 4.87. The van der Waals surface area contributed by atoms with E-state index in [0.717, 1.165) is 12.8 Å². The van der Waals surface area contributed by atoms with E-state index in [1.54, 1.807) is 0 Å². The van der Waals surface area contributed by atoms with Gasteiger partial charge in [0.2, 0.25) is 0 Å². The molecule has 0 aromatic carbocycles. The maximum absolute atomic E-state index is 10.0. The first-order chi connectivity index (χ1) is 14.2. The van der Waals surface area contributed by atoms with Crippen molar-refractivity contribution in [2.75, 3.05) is 19.8 Å². The fraction of sp³-hybridized carbons (Fsp3) is 0.917. The fourth-order valence-corrected chi connectivity index (χ4v) is 3.75. The van der Waals surface area contributed by atoms with Gasteiger partial charge in [0.05, 0.1) is 13.2 Å². The molecule has 5 heteroatoms. The molecule has 3 N–H and O–H groups in total. The molecule has 1 rings (SSSR count). The lowest BCUT2D eigenvalue weighted by Crippen LogP contribution is -2.55. The molecule has 172 valence electrons. The molecule has 0 aromatic rings. The lowest BCUT2D eigenvalue weighted by atomic mass is 10.0. The third kappa shape index (κ3) is 12.7. The van der Waals surface area contributed by atoms with E-state index in [0.29, 0.717) is 6.61 Å². The van der Waals surface area contributed by atoms with Gasteiger partial charge < -0.3 is 24.8 Å². The summed E-state index contributed by atoms with van der Waals surface area (Å²) in [7, 11) is 0. The highest BCUT2D eigenvalue weighted by atomic mass is 16.6. The second-order valence-electron chi connectivity index (χ2n) is 8.38. The van der Waals surface area contributed by atoms with Gasteiger partial charge in [-0.25, -0.2) is 0 Å². The molecular weight excluding hydrogens is 368 g/mol. The SMILES string of the molecule is CCCCCCCC/C=C/CCCCCCCCO[C@H]1CO[C@H](CO)[C@@H](O)[C@@H]1O. The van der Waals surface area contributed by atoms with Crippen LogP contribution in [0.2, 0.25) is 0 Å². The molecule has 0 aliphatic carbocycles. The van der Waals surface area contributed by atoms with Crippen molar-refractivity contribution in [1.82, 2.24) is 0 Å². The highest BCUT2D eigenvalue weighted by Gasteiger charge is 2.38. The Morgan fingerprint density at radius 3 is 1.93 bits per heavy atom. The van der Waals surface area contributed by atoms with Crippen molar-refractivity contribution in [1.29, 1.82) is 0 Å². The van der Waals surface area contributed by atoms with Gasteiger partial charge >= 0.3 is 0 Å². The largest absolute Gasteiger partial charge is 0.394 e. The van der Waals surface area contributed by atoms with Crippen LogP contribution in [0.4, 0.5) is 0 Å². The summed E-state index contributed by atoms with van der Waals surface area (Å²) in [5.74, 6) is 0. The van der Waals surface area contributed by atoms with Gasteiger partial charge in [-0.15, -0.1) is 0 Å². The maximum Gasteiger partial charge on any atom is 0.111 e. The molecule has 1 saturated heterocycles. The zero-order chi connectivity index (χ0) is 21.2. The average Bonchev–Trinajstić information content (AvgIpc) is 2.73. The number of hydrogen-bond donors (Lipinski definition) is 3. The van der Waals surface area contributed by atoms with Gasteiger partial charge in [-0.05, 0) is 32.1 Å². The van der Waals surface area contributed by atoms with Crippen LogP contribution < -0.4 is 0 Å². The highest BCUT2D eigenvalue weighted by Crippen LogP contribution is 2.18. The van der Waals surface area contributed by atoms with Gasteiger partial charge in [0, 0.05) is 6.61 Å². The number of allylic oxidation sites excluding steroid dienone is 2. The van der Waals surface area contributed by atoms with E-state index in [2.05, 4.69) is 19.1 Å². The zero-order valence-corrected chi connectivity index (χ0v) is 18.6. The number of ether oxygens (including phenoxy) is 2. The van der Waals surface area contributed by atoms with Crippen LogP contribution >= 0.6 is 0 Å². The van der Waals surface area contributed by atoms with Crippen LogP contribution in [0.1, 0.15) is 96.8 Å². The number of aliphatic hydroxyl groups is 3. The molecule has 5 nitrogen and oxygen atoms in total. The topological polar surface area (TPSA) is 79.2 Å². The quantitative estimate of drug-likeness (QED) is 0.227.